The topological polar surface area (TPSA) is 39.5 Å². The van der Waals surface area contributed by atoms with Crippen LogP contribution < -0.4 is 19.7 Å². The Kier molecular flexibility index (Phi) is 3.85. The SMILES string of the molecule is C[C@@H]1C[NH+](C)[C@@H](C)C[C@H]1[NH2+]Cc1ccc2c(c1)OCO2. The average Bonchev–Trinajstić information content (AvgIpc) is 2.89. The summed E-state index contributed by atoms with van der Waals surface area (Å²) in [5.41, 5.74) is 1.32. The van der Waals surface area contributed by atoms with Crippen molar-refractivity contribution in [3.63, 3.8) is 0 Å². The molecule has 0 bridgehead atoms. The highest BCUT2D eigenvalue weighted by Crippen LogP contribution is 2.32. The molecule has 20 heavy (non-hydrogen) atoms. The number of benzene rings is 1. The third-order valence-corrected chi connectivity index (χ3v) is 4.94. The highest BCUT2D eigenvalue weighted by molar-refractivity contribution is 5.44. The number of nitrogens with one attached hydrogen (secondary N) is 1. The monoisotopic (exact) mass is 278 g/mol. The summed E-state index contributed by atoms with van der Waals surface area (Å²) in [6.45, 7) is 7.41. The molecule has 2 aliphatic rings. The Hall–Kier alpha value is -1.26. The maximum Gasteiger partial charge on any atom is 0.231 e. The van der Waals surface area contributed by atoms with Crippen LogP contribution in [-0.2, 0) is 6.54 Å². The zero-order chi connectivity index (χ0) is 14.1. The normalized spacial score (nSPS) is 32.4. The Bertz CT molecular complexity index is 478. The Labute approximate surface area is 121 Å². The molecule has 0 spiro atoms. The first-order valence-corrected chi connectivity index (χ1v) is 7.67. The molecule has 1 fully saturated rings. The maximum atomic E-state index is 5.44. The first-order valence-electron chi connectivity index (χ1n) is 7.67. The molecule has 1 unspecified atom stereocenters. The minimum absolute atomic E-state index is 0.356. The van der Waals surface area contributed by atoms with E-state index in [4.69, 9.17) is 9.47 Å². The van der Waals surface area contributed by atoms with Crippen LogP contribution in [0.4, 0.5) is 0 Å². The summed E-state index contributed by atoms with van der Waals surface area (Å²) in [5.74, 6) is 2.55. The van der Waals surface area contributed by atoms with Crippen LogP contribution in [0.5, 0.6) is 11.5 Å². The lowest BCUT2D eigenvalue weighted by Crippen LogP contribution is -3.16. The van der Waals surface area contributed by atoms with Gasteiger partial charge in [0.15, 0.2) is 11.5 Å². The van der Waals surface area contributed by atoms with Crippen LogP contribution in [-0.4, -0.2) is 32.5 Å². The number of hydrogen-bond acceptors (Lipinski definition) is 2. The van der Waals surface area contributed by atoms with Crippen molar-refractivity contribution in [1.82, 2.24) is 0 Å². The smallest absolute Gasteiger partial charge is 0.231 e. The predicted octanol–water partition coefficient (Wildman–Crippen LogP) is -0.210. The second-order valence-electron chi connectivity index (χ2n) is 6.46. The van der Waals surface area contributed by atoms with Gasteiger partial charge in [-0.1, -0.05) is 6.92 Å². The molecule has 4 atom stereocenters. The fraction of sp³-hybridized carbons (Fsp3) is 0.625. The molecular weight excluding hydrogens is 252 g/mol. The van der Waals surface area contributed by atoms with Crippen LogP contribution in [0.3, 0.4) is 0 Å². The number of ether oxygens (including phenoxy) is 2. The van der Waals surface area contributed by atoms with Crippen molar-refractivity contribution in [2.75, 3.05) is 20.4 Å². The summed E-state index contributed by atoms with van der Waals surface area (Å²) in [6, 6.07) is 7.80. The Morgan fingerprint density at radius 1 is 1.25 bits per heavy atom. The predicted molar refractivity (Wildman–Crippen MR) is 77.0 cm³/mol. The van der Waals surface area contributed by atoms with Crippen molar-refractivity contribution in [2.45, 2.75) is 38.9 Å². The molecule has 0 aliphatic carbocycles. The van der Waals surface area contributed by atoms with Crippen LogP contribution in [0.2, 0.25) is 0 Å². The van der Waals surface area contributed by atoms with E-state index in [1.54, 1.807) is 4.90 Å². The fourth-order valence-corrected chi connectivity index (χ4v) is 3.39. The van der Waals surface area contributed by atoms with Crippen molar-refractivity contribution in [3.05, 3.63) is 23.8 Å². The molecule has 3 rings (SSSR count). The quantitative estimate of drug-likeness (QED) is 0.803. The summed E-state index contributed by atoms with van der Waals surface area (Å²) in [4.78, 5) is 1.67. The van der Waals surface area contributed by atoms with E-state index < -0.39 is 0 Å². The number of quaternary nitrogens is 2. The largest absolute Gasteiger partial charge is 0.454 e. The third kappa shape index (κ3) is 2.76. The molecule has 110 valence electrons. The lowest BCUT2D eigenvalue weighted by atomic mass is 9.89. The van der Waals surface area contributed by atoms with Crippen LogP contribution in [0.15, 0.2) is 18.2 Å². The van der Waals surface area contributed by atoms with E-state index >= 15 is 0 Å². The molecular formula is C16H26N2O2+2. The summed E-state index contributed by atoms with van der Waals surface area (Å²) in [5, 5.41) is 2.51. The van der Waals surface area contributed by atoms with Gasteiger partial charge in [0.1, 0.15) is 6.54 Å². The Morgan fingerprint density at radius 2 is 2.05 bits per heavy atom. The minimum atomic E-state index is 0.356. The maximum absolute atomic E-state index is 5.44. The molecule has 0 amide bonds. The van der Waals surface area contributed by atoms with Crippen molar-refractivity contribution in [3.8, 4) is 11.5 Å². The number of likely N-dealkylation sites (tertiary alicyclic amines) is 1. The van der Waals surface area contributed by atoms with Gasteiger partial charge in [-0.3, -0.25) is 0 Å². The van der Waals surface area contributed by atoms with E-state index in [1.165, 1.54) is 18.5 Å². The zero-order valence-corrected chi connectivity index (χ0v) is 12.7. The molecule has 0 aromatic heterocycles. The fourth-order valence-electron chi connectivity index (χ4n) is 3.39. The molecule has 4 heteroatoms. The van der Waals surface area contributed by atoms with Gasteiger partial charge in [0.2, 0.25) is 6.79 Å². The Morgan fingerprint density at radius 3 is 2.90 bits per heavy atom. The van der Waals surface area contributed by atoms with Gasteiger partial charge >= 0.3 is 0 Å². The van der Waals surface area contributed by atoms with Gasteiger partial charge in [-0.15, -0.1) is 0 Å². The van der Waals surface area contributed by atoms with Crippen molar-refractivity contribution in [1.29, 1.82) is 0 Å². The van der Waals surface area contributed by atoms with Crippen molar-refractivity contribution >= 4 is 0 Å². The van der Waals surface area contributed by atoms with Crippen LogP contribution in [0.25, 0.3) is 0 Å². The second-order valence-corrected chi connectivity index (χ2v) is 6.46. The molecule has 2 aliphatic heterocycles. The molecule has 2 heterocycles. The molecule has 1 saturated heterocycles. The standard InChI is InChI=1S/C16H24N2O2/c1-11-9-18(3)12(2)6-14(11)17-8-13-4-5-15-16(7-13)20-10-19-15/h4-5,7,11-12,14,17H,6,8-10H2,1-3H3/p+2/t11-,12+,14-/m1/s1. The van der Waals surface area contributed by atoms with Gasteiger partial charge in [0.05, 0.1) is 38.0 Å². The van der Waals surface area contributed by atoms with E-state index in [-0.39, 0.29) is 0 Å². The molecule has 3 N–H and O–H groups in total. The molecule has 0 saturated carbocycles. The lowest BCUT2D eigenvalue weighted by Gasteiger charge is -2.35. The average molecular weight is 278 g/mol. The van der Waals surface area contributed by atoms with E-state index in [1.807, 2.05) is 6.07 Å². The van der Waals surface area contributed by atoms with Crippen molar-refractivity contribution < 1.29 is 19.7 Å². The Balaban J connectivity index is 1.59. The van der Waals surface area contributed by atoms with Gasteiger partial charge in [-0.05, 0) is 25.1 Å². The first-order chi connectivity index (χ1) is 9.63. The molecule has 1 aromatic carbocycles. The van der Waals surface area contributed by atoms with E-state index in [0.717, 1.165) is 36.0 Å². The summed E-state index contributed by atoms with van der Waals surface area (Å²) < 4.78 is 10.8. The van der Waals surface area contributed by atoms with Gasteiger partial charge in [0, 0.05) is 5.56 Å². The number of rotatable bonds is 3. The summed E-state index contributed by atoms with van der Waals surface area (Å²) >= 11 is 0. The van der Waals surface area contributed by atoms with Crippen molar-refractivity contribution in [2.24, 2.45) is 5.92 Å². The number of hydrogen-bond donors (Lipinski definition) is 2. The van der Waals surface area contributed by atoms with Crippen LogP contribution in [0.1, 0.15) is 25.8 Å². The van der Waals surface area contributed by atoms with Gasteiger partial charge in [-0.25, -0.2) is 0 Å². The zero-order valence-electron chi connectivity index (χ0n) is 12.7. The number of piperidine rings is 1. The highest BCUT2D eigenvalue weighted by atomic mass is 16.7. The summed E-state index contributed by atoms with van der Waals surface area (Å²) in [7, 11) is 2.31. The van der Waals surface area contributed by atoms with E-state index in [2.05, 4.69) is 38.3 Å². The van der Waals surface area contributed by atoms with Gasteiger partial charge in [0.25, 0.3) is 0 Å². The minimum Gasteiger partial charge on any atom is -0.454 e. The molecule has 4 nitrogen and oxygen atoms in total. The highest BCUT2D eigenvalue weighted by Gasteiger charge is 2.34. The van der Waals surface area contributed by atoms with E-state index in [0.29, 0.717) is 6.79 Å². The summed E-state index contributed by atoms with van der Waals surface area (Å²) in [6.07, 6.45) is 1.30. The van der Waals surface area contributed by atoms with Crippen LogP contribution in [0, 0.1) is 5.92 Å². The lowest BCUT2D eigenvalue weighted by molar-refractivity contribution is -0.923. The number of nitrogens with two attached hydrogens (primary N) is 1. The molecule has 1 aromatic rings. The van der Waals surface area contributed by atoms with E-state index in [9.17, 15) is 0 Å². The van der Waals surface area contributed by atoms with Crippen LogP contribution >= 0.6 is 0 Å². The van der Waals surface area contributed by atoms with Gasteiger partial charge in [-0.2, -0.15) is 0 Å². The first kappa shape index (κ1) is 13.7. The van der Waals surface area contributed by atoms with Gasteiger partial charge < -0.3 is 19.7 Å². The third-order valence-electron chi connectivity index (χ3n) is 4.94. The molecule has 0 radical (unpaired) electrons. The number of fused-ring (bicyclic) bond motifs is 1. The second kappa shape index (κ2) is 5.62.